The molecule has 0 aliphatic carbocycles. The summed E-state index contributed by atoms with van der Waals surface area (Å²) in [6.07, 6.45) is 0.448. The van der Waals surface area contributed by atoms with Crippen LogP contribution in [-0.2, 0) is 0 Å². The normalized spacial score (nSPS) is 12.9. The van der Waals surface area contributed by atoms with Crippen LogP contribution in [0.15, 0.2) is 16.6 Å². The number of benzene rings is 1. The van der Waals surface area contributed by atoms with Crippen molar-refractivity contribution in [2.45, 2.75) is 19.4 Å². The van der Waals surface area contributed by atoms with Crippen LogP contribution >= 0.6 is 15.9 Å². The maximum absolute atomic E-state index is 9.71. The summed E-state index contributed by atoms with van der Waals surface area (Å²) in [7, 11) is 0. The van der Waals surface area contributed by atoms with Crippen LogP contribution in [0.3, 0.4) is 0 Å². The van der Waals surface area contributed by atoms with Crippen LogP contribution in [0.4, 0.5) is 0 Å². The molecular weight excluding hydrogens is 246 g/mol. The van der Waals surface area contributed by atoms with Gasteiger partial charge in [0, 0.05) is 18.2 Å². The molecule has 0 bridgehead atoms. The van der Waals surface area contributed by atoms with Crippen LogP contribution in [0.1, 0.15) is 23.6 Å². The van der Waals surface area contributed by atoms with Gasteiger partial charge in [0.05, 0.1) is 4.47 Å². The lowest BCUT2D eigenvalue weighted by Gasteiger charge is -2.14. The predicted molar refractivity (Wildman–Crippen MR) is 59.2 cm³/mol. The van der Waals surface area contributed by atoms with Gasteiger partial charge in [-0.15, -0.1) is 0 Å². The second-order valence-corrected chi connectivity index (χ2v) is 4.16. The number of nitrogens with two attached hydrogens (primary N) is 1. The molecular formula is C10H14BrNO2. The van der Waals surface area contributed by atoms with E-state index in [0.717, 1.165) is 5.56 Å². The van der Waals surface area contributed by atoms with E-state index in [1.165, 1.54) is 0 Å². The second-order valence-electron chi connectivity index (χ2n) is 3.30. The van der Waals surface area contributed by atoms with Gasteiger partial charge in [-0.3, -0.25) is 0 Å². The van der Waals surface area contributed by atoms with E-state index < -0.39 is 0 Å². The maximum atomic E-state index is 9.71. The average Bonchev–Trinajstić information content (AvgIpc) is 2.11. The molecule has 1 rings (SSSR count). The fourth-order valence-electron chi connectivity index (χ4n) is 1.34. The van der Waals surface area contributed by atoms with Crippen molar-refractivity contribution in [3.8, 4) is 5.75 Å². The van der Waals surface area contributed by atoms with Crippen molar-refractivity contribution >= 4 is 15.9 Å². The van der Waals surface area contributed by atoms with Crippen LogP contribution < -0.4 is 5.73 Å². The minimum Gasteiger partial charge on any atom is -0.506 e. The molecule has 0 radical (unpaired) electrons. The van der Waals surface area contributed by atoms with Crippen LogP contribution in [0.25, 0.3) is 0 Å². The average molecular weight is 260 g/mol. The summed E-state index contributed by atoms with van der Waals surface area (Å²) in [5, 5.41) is 18.5. The first kappa shape index (κ1) is 11.5. The van der Waals surface area contributed by atoms with Crippen molar-refractivity contribution in [2.24, 2.45) is 5.73 Å². The SMILES string of the molecule is Cc1cc(Br)c(O)c(C(N)CCO)c1. The summed E-state index contributed by atoms with van der Waals surface area (Å²) < 4.78 is 0.640. The molecule has 0 aromatic heterocycles. The molecule has 1 aromatic rings. The number of hydrogen-bond acceptors (Lipinski definition) is 3. The molecule has 3 nitrogen and oxygen atoms in total. The number of aryl methyl sites for hydroxylation is 1. The highest BCUT2D eigenvalue weighted by Crippen LogP contribution is 2.33. The summed E-state index contributed by atoms with van der Waals surface area (Å²) in [4.78, 5) is 0. The van der Waals surface area contributed by atoms with E-state index in [0.29, 0.717) is 16.5 Å². The third-order valence-corrected chi connectivity index (χ3v) is 2.68. The van der Waals surface area contributed by atoms with E-state index in [1.807, 2.05) is 19.1 Å². The van der Waals surface area contributed by atoms with Gasteiger partial charge < -0.3 is 15.9 Å². The number of aromatic hydroxyl groups is 1. The van der Waals surface area contributed by atoms with Gasteiger partial charge in [-0.05, 0) is 40.9 Å². The Balaban J connectivity index is 3.07. The van der Waals surface area contributed by atoms with E-state index in [1.54, 1.807) is 0 Å². The molecule has 14 heavy (non-hydrogen) atoms. The first-order valence-corrected chi connectivity index (χ1v) is 5.21. The van der Waals surface area contributed by atoms with Gasteiger partial charge in [-0.25, -0.2) is 0 Å². The van der Waals surface area contributed by atoms with Gasteiger partial charge in [0.2, 0.25) is 0 Å². The molecule has 0 aliphatic rings. The molecule has 4 heteroatoms. The monoisotopic (exact) mass is 259 g/mol. The zero-order valence-electron chi connectivity index (χ0n) is 8.00. The number of rotatable bonds is 3. The van der Waals surface area contributed by atoms with Crippen molar-refractivity contribution in [3.05, 3.63) is 27.7 Å². The first-order chi connectivity index (χ1) is 6.56. The molecule has 0 fully saturated rings. The lowest BCUT2D eigenvalue weighted by Crippen LogP contribution is -2.12. The van der Waals surface area contributed by atoms with Gasteiger partial charge in [-0.2, -0.15) is 0 Å². The Hall–Kier alpha value is -0.580. The minimum absolute atomic E-state index is 0.0200. The molecule has 0 heterocycles. The summed E-state index contributed by atoms with van der Waals surface area (Å²) in [5.41, 5.74) is 7.50. The van der Waals surface area contributed by atoms with Gasteiger partial charge in [0.15, 0.2) is 0 Å². The lowest BCUT2D eigenvalue weighted by atomic mass is 10.0. The van der Waals surface area contributed by atoms with E-state index in [-0.39, 0.29) is 18.4 Å². The molecule has 0 aliphatic heterocycles. The van der Waals surface area contributed by atoms with E-state index in [9.17, 15) is 5.11 Å². The van der Waals surface area contributed by atoms with Crippen molar-refractivity contribution in [1.29, 1.82) is 0 Å². The first-order valence-electron chi connectivity index (χ1n) is 4.41. The van der Waals surface area contributed by atoms with Crippen molar-refractivity contribution in [1.82, 2.24) is 0 Å². The molecule has 1 aromatic carbocycles. The van der Waals surface area contributed by atoms with Crippen LogP contribution in [0, 0.1) is 6.92 Å². The summed E-state index contributed by atoms with van der Waals surface area (Å²) in [6.45, 7) is 1.95. The Bertz CT molecular complexity index is 328. The van der Waals surface area contributed by atoms with E-state index in [2.05, 4.69) is 15.9 Å². The Morgan fingerprint density at radius 3 is 2.71 bits per heavy atom. The quantitative estimate of drug-likeness (QED) is 0.776. The maximum Gasteiger partial charge on any atom is 0.134 e. The molecule has 1 atom stereocenters. The number of phenolic OH excluding ortho intramolecular Hbond substituents is 1. The van der Waals surface area contributed by atoms with Gasteiger partial charge in [0.25, 0.3) is 0 Å². The highest BCUT2D eigenvalue weighted by atomic mass is 79.9. The summed E-state index contributed by atoms with van der Waals surface area (Å²) in [5.74, 6) is 0.163. The third-order valence-electron chi connectivity index (χ3n) is 2.08. The molecule has 78 valence electrons. The number of halogens is 1. The number of phenols is 1. The Kier molecular flexibility index (Phi) is 3.92. The summed E-state index contributed by atoms with van der Waals surface area (Å²) >= 11 is 3.25. The smallest absolute Gasteiger partial charge is 0.134 e. The topological polar surface area (TPSA) is 66.5 Å². The highest BCUT2D eigenvalue weighted by Gasteiger charge is 2.13. The van der Waals surface area contributed by atoms with Gasteiger partial charge in [-0.1, -0.05) is 6.07 Å². The van der Waals surface area contributed by atoms with Crippen LogP contribution in [0.5, 0.6) is 5.75 Å². The third kappa shape index (κ3) is 2.47. The highest BCUT2D eigenvalue weighted by molar-refractivity contribution is 9.10. The van der Waals surface area contributed by atoms with Gasteiger partial charge >= 0.3 is 0 Å². The molecule has 4 N–H and O–H groups in total. The number of aliphatic hydroxyl groups is 1. The fraction of sp³-hybridized carbons (Fsp3) is 0.400. The molecule has 1 unspecified atom stereocenters. The molecule has 0 saturated carbocycles. The van der Waals surface area contributed by atoms with Gasteiger partial charge in [0.1, 0.15) is 5.75 Å². The lowest BCUT2D eigenvalue weighted by molar-refractivity contribution is 0.275. The molecule has 0 amide bonds. The minimum atomic E-state index is -0.323. The number of hydrogen-bond donors (Lipinski definition) is 3. The summed E-state index contributed by atoms with van der Waals surface area (Å²) in [6, 6.07) is 3.33. The van der Waals surface area contributed by atoms with Crippen LogP contribution in [-0.4, -0.2) is 16.8 Å². The Labute approximate surface area is 91.7 Å². The standard InChI is InChI=1S/C10H14BrNO2/c1-6-4-7(9(12)2-3-13)10(14)8(11)5-6/h4-5,9,13-14H,2-3,12H2,1H3. The van der Waals surface area contributed by atoms with Crippen LogP contribution in [0.2, 0.25) is 0 Å². The second kappa shape index (κ2) is 4.77. The zero-order chi connectivity index (χ0) is 10.7. The zero-order valence-corrected chi connectivity index (χ0v) is 9.58. The van der Waals surface area contributed by atoms with E-state index in [4.69, 9.17) is 10.8 Å². The fourth-order valence-corrected chi connectivity index (χ4v) is 1.93. The molecule has 0 saturated heterocycles. The predicted octanol–water partition coefficient (Wildman–Crippen LogP) is 1.85. The van der Waals surface area contributed by atoms with Crippen molar-refractivity contribution in [2.75, 3.05) is 6.61 Å². The molecule has 0 spiro atoms. The van der Waals surface area contributed by atoms with Crippen molar-refractivity contribution in [3.63, 3.8) is 0 Å². The Morgan fingerprint density at radius 1 is 1.50 bits per heavy atom. The van der Waals surface area contributed by atoms with Crippen molar-refractivity contribution < 1.29 is 10.2 Å². The Morgan fingerprint density at radius 2 is 2.14 bits per heavy atom. The number of aliphatic hydroxyl groups excluding tert-OH is 1. The van der Waals surface area contributed by atoms with E-state index >= 15 is 0 Å². The largest absolute Gasteiger partial charge is 0.506 e.